The van der Waals surface area contributed by atoms with Crippen LogP contribution in [0.3, 0.4) is 0 Å². The zero-order valence-electron chi connectivity index (χ0n) is 27.8. The number of ketones is 1. The molecule has 248 valence electrons. The Bertz CT molecular complexity index is 1840. The third kappa shape index (κ3) is 5.63. The number of nitrogens with zero attached hydrogens (tertiary/aromatic N) is 1. The summed E-state index contributed by atoms with van der Waals surface area (Å²) in [7, 11) is 9.09. The average Bonchev–Trinajstić information content (AvgIpc) is 3.28. The quantitative estimate of drug-likeness (QED) is 0.206. The molecule has 10 nitrogen and oxygen atoms in total. The van der Waals surface area contributed by atoms with Gasteiger partial charge in [0, 0.05) is 23.3 Å². The zero-order valence-corrected chi connectivity index (χ0v) is 27.8. The summed E-state index contributed by atoms with van der Waals surface area (Å²) in [5, 5.41) is 3.58. The fraction of sp³-hybridized carbons (Fsp3) is 0.263. The molecule has 4 aromatic rings. The Morgan fingerprint density at radius 3 is 1.77 bits per heavy atom. The van der Waals surface area contributed by atoms with Crippen LogP contribution >= 0.6 is 0 Å². The van der Waals surface area contributed by atoms with E-state index >= 15 is 4.79 Å². The van der Waals surface area contributed by atoms with Crippen LogP contribution in [0, 0.1) is 0 Å². The van der Waals surface area contributed by atoms with Crippen LogP contribution in [0.1, 0.15) is 46.3 Å². The Morgan fingerprint density at radius 2 is 1.21 bits per heavy atom. The number of nitrogens with one attached hydrogen (secondary N) is 1. The Labute approximate surface area is 279 Å². The number of Topliss-reactive ketones (excluding diaryl/α,β-unsaturated/α-hetero) is 1. The second kappa shape index (κ2) is 13.6. The van der Waals surface area contributed by atoms with Crippen molar-refractivity contribution in [2.24, 2.45) is 0 Å². The SMILES string of the molecule is COc1cc(C(=O)N2c3ccccc3NC3=C(C(=O)C[C@@H](c4ccccc4)C3)[C@H]2c2cc(OC)c(OC)c(OC)c2)cc(OC)c1OC. The lowest BCUT2D eigenvalue weighted by atomic mass is 9.78. The highest BCUT2D eigenvalue weighted by molar-refractivity contribution is 6.12. The molecule has 1 N–H and O–H groups in total. The number of para-hydroxylation sites is 2. The third-order valence-corrected chi connectivity index (χ3v) is 8.89. The van der Waals surface area contributed by atoms with Gasteiger partial charge >= 0.3 is 0 Å². The van der Waals surface area contributed by atoms with Crippen molar-refractivity contribution in [3.05, 3.63) is 107 Å². The monoisotopic (exact) mass is 650 g/mol. The largest absolute Gasteiger partial charge is 0.493 e. The van der Waals surface area contributed by atoms with E-state index in [9.17, 15) is 4.79 Å². The van der Waals surface area contributed by atoms with E-state index in [1.807, 2.05) is 54.6 Å². The molecule has 2 atom stereocenters. The van der Waals surface area contributed by atoms with Gasteiger partial charge in [0.25, 0.3) is 5.91 Å². The molecule has 0 saturated heterocycles. The van der Waals surface area contributed by atoms with Gasteiger partial charge in [-0.05, 0) is 59.9 Å². The Hall–Kier alpha value is -5.64. The van der Waals surface area contributed by atoms with Crippen LogP contribution in [0.15, 0.2) is 90.1 Å². The molecule has 4 aromatic carbocycles. The molecular formula is C38H38N2O8. The zero-order chi connectivity index (χ0) is 33.9. The molecular weight excluding hydrogens is 612 g/mol. The van der Waals surface area contributed by atoms with Gasteiger partial charge in [-0.1, -0.05) is 42.5 Å². The first-order chi connectivity index (χ1) is 23.4. The topological polar surface area (TPSA) is 105 Å². The highest BCUT2D eigenvalue weighted by Gasteiger charge is 2.43. The van der Waals surface area contributed by atoms with Crippen molar-refractivity contribution in [1.29, 1.82) is 0 Å². The number of hydrogen-bond acceptors (Lipinski definition) is 9. The molecule has 2 aliphatic rings. The first-order valence-corrected chi connectivity index (χ1v) is 15.5. The van der Waals surface area contributed by atoms with Gasteiger partial charge in [0.1, 0.15) is 0 Å². The predicted molar refractivity (Wildman–Crippen MR) is 182 cm³/mol. The number of benzene rings is 4. The molecule has 1 aliphatic carbocycles. The molecule has 1 amide bonds. The summed E-state index contributed by atoms with van der Waals surface area (Å²) < 4.78 is 33.9. The average molecular weight is 651 g/mol. The molecule has 0 fully saturated rings. The van der Waals surface area contributed by atoms with Gasteiger partial charge in [-0.2, -0.15) is 0 Å². The number of hydrogen-bond donors (Lipinski definition) is 1. The molecule has 10 heteroatoms. The molecule has 0 bridgehead atoms. The van der Waals surface area contributed by atoms with Crippen LogP contribution in [-0.2, 0) is 4.79 Å². The van der Waals surface area contributed by atoms with Crippen molar-refractivity contribution in [3.8, 4) is 34.5 Å². The van der Waals surface area contributed by atoms with Crippen molar-refractivity contribution in [1.82, 2.24) is 0 Å². The summed E-state index contributed by atoms with van der Waals surface area (Å²) in [5.74, 6) is 1.67. The van der Waals surface area contributed by atoms with E-state index in [0.717, 1.165) is 11.3 Å². The molecule has 0 unspecified atom stereocenters. The third-order valence-electron chi connectivity index (χ3n) is 8.89. The van der Waals surface area contributed by atoms with Gasteiger partial charge in [-0.25, -0.2) is 0 Å². The van der Waals surface area contributed by atoms with Crippen LogP contribution in [0.5, 0.6) is 34.5 Å². The summed E-state index contributed by atoms with van der Waals surface area (Å²) in [6, 6.07) is 23.5. The van der Waals surface area contributed by atoms with E-state index in [1.54, 1.807) is 29.2 Å². The van der Waals surface area contributed by atoms with Crippen LogP contribution in [0.4, 0.5) is 11.4 Å². The van der Waals surface area contributed by atoms with Gasteiger partial charge in [0.05, 0.1) is 60.1 Å². The van der Waals surface area contributed by atoms with Gasteiger partial charge in [-0.15, -0.1) is 0 Å². The minimum absolute atomic E-state index is 0.0462. The number of ether oxygens (including phenoxy) is 6. The number of rotatable bonds is 9. The van der Waals surface area contributed by atoms with E-state index < -0.39 is 11.9 Å². The number of carbonyl (C=O) groups excluding carboxylic acids is 2. The van der Waals surface area contributed by atoms with Crippen LogP contribution < -0.4 is 38.6 Å². The van der Waals surface area contributed by atoms with E-state index in [2.05, 4.69) is 5.32 Å². The van der Waals surface area contributed by atoms with E-state index in [-0.39, 0.29) is 23.7 Å². The van der Waals surface area contributed by atoms with E-state index in [0.29, 0.717) is 63.4 Å². The van der Waals surface area contributed by atoms with Crippen LogP contribution in [0.25, 0.3) is 0 Å². The van der Waals surface area contributed by atoms with Gasteiger partial charge < -0.3 is 33.7 Å². The Balaban J connectivity index is 1.63. The highest BCUT2D eigenvalue weighted by Crippen LogP contribution is 2.51. The number of carbonyl (C=O) groups is 2. The molecule has 0 aromatic heterocycles. The van der Waals surface area contributed by atoms with Crippen molar-refractivity contribution in [2.75, 3.05) is 52.9 Å². The lowest BCUT2D eigenvalue weighted by Gasteiger charge is -2.35. The number of allylic oxidation sites excluding steroid dienone is 1. The van der Waals surface area contributed by atoms with Crippen molar-refractivity contribution in [2.45, 2.75) is 24.8 Å². The Morgan fingerprint density at radius 1 is 0.667 bits per heavy atom. The maximum Gasteiger partial charge on any atom is 0.259 e. The summed E-state index contributed by atoms with van der Waals surface area (Å²) in [6.45, 7) is 0. The number of anilines is 2. The predicted octanol–water partition coefficient (Wildman–Crippen LogP) is 6.95. The number of amides is 1. The molecule has 0 spiro atoms. The Kier molecular flexibility index (Phi) is 9.16. The molecule has 1 aliphatic heterocycles. The fourth-order valence-electron chi connectivity index (χ4n) is 6.69. The maximum absolute atomic E-state index is 15.1. The molecule has 0 saturated carbocycles. The lowest BCUT2D eigenvalue weighted by Crippen LogP contribution is -2.38. The van der Waals surface area contributed by atoms with Gasteiger partial charge in [0.15, 0.2) is 28.8 Å². The van der Waals surface area contributed by atoms with E-state index in [1.165, 1.54) is 42.7 Å². The van der Waals surface area contributed by atoms with Crippen LogP contribution in [0.2, 0.25) is 0 Å². The minimum Gasteiger partial charge on any atom is -0.493 e. The molecule has 1 heterocycles. The fourth-order valence-corrected chi connectivity index (χ4v) is 6.69. The number of fused-ring (bicyclic) bond motifs is 1. The summed E-state index contributed by atoms with van der Waals surface area (Å²) in [5.41, 5.74) is 4.43. The first-order valence-electron chi connectivity index (χ1n) is 15.5. The van der Waals surface area contributed by atoms with Crippen LogP contribution in [-0.4, -0.2) is 54.3 Å². The minimum atomic E-state index is -0.888. The second-order valence-corrected chi connectivity index (χ2v) is 11.4. The molecule has 6 rings (SSSR count). The van der Waals surface area contributed by atoms with E-state index in [4.69, 9.17) is 28.4 Å². The molecule has 48 heavy (non-hydrogen) atoms. The van der Waals surface area contributed by atoms with Crippen molar-refractivity contribution >= 4 is 23.1 Å². The standard InChI is InChI=1S/C38H38N2O8/c1-43-30-18-24(19-31(44-2)36(30)47-5)35-34-27(16-23(17-29(34)41)22-12-8-7-9-13-22)39-26-14-10-11-15-28(26)40(35)38(42)25-20-32(45-3)37(48-6)33(21-25)46-4/h7-15,18-21,23,35,39H,16-17H2,1-6H3/t23-,35+/m0/s1. The lowest BCUT2D eigenvalue weighted by molar-refractivity contribution is -0.116. The smallest absolute Gasteiger partial charge is 0.259 e. The highest BCUT2D eigenvalue weighted by atomic mass is 16.5. The second-order valence-electron chi connectivity index (χ2n) is 11.4. The van der Waals surface area contributed by atoms with Gasteiger partial charge in [0.2, 0.25) is 11.5 Å². The summed E-state index contributed by atoms with van der Waals surface area (Å²) >= 11 is 0. The summed E-state index contributed by atoms with van der Waals surface area (Å²) in [6.07, 6.45) is 0.834. The maximum atomic E-state index is 15.1. The first kappa shape index (κ1) is 32.3. The van der Waals surface area contributed by atoms with Gasteiger partial charge in [-0.3, -0.25) is 14.5 Å². The van der Waals surface area contributed by atoms with Crippen molar-refractivity contribution < 1.29 is 38.0 Å². The normalized spacial score (nSPS) is 17.0. The van der Waals surface area contributed by atoms with Crippen molar-refractivity contribution in [3.63, 3.8) is 0 Å². The number of methoxy groups -OCH3 is 6. The summed E-state index contributed by atoms with van der Waals surface area (Å²) in [4.78, 5) is 31.2. The molecule has 0 radical (unpaired) electrons.